The molecule has 2 rings (SSSR count). The number of hydrogen-bond donors (Lipinski definition) is 1. The van der Waals surface area contributed by atoms with Crippen LogP contribution in [0.1, 0.15) is 6.92 Å². The fourth-order valence-corrected chi connectivity index (χ4v) is 3.40. The Kier molecular flexibility index (Phi) is 5.19. The van der Waals surface area contributed by atoms with Gasteiger partial charge in [-0.3, -0.25) is 9.52 Å². The van der Waals surface area contributed by atoms with Gasteiger partial charge in [-0.15, -0.1) is 0 Å². The van der Waals surface area contributed by atoms with Crippen molar-refractivity contribution in [3.05, 3.63) is 52.5 Å². The number of nitrogens with one attached hydrogen (secondary N) is 1. The fraction of sp³-hybridized carbons (Fsp3) is 0.133. The molecule has 0 atom stereocenters. The van der Waals surface area contributed by atoms with Crippen LogP contribution in [0.3, 0.4) is 0 Å². The van der Waals surface area contributed by atoms with Gasteiger partial charge in [0, 0.05) is 24.7 Å². The van der Waals surface area contributed by atoms with E-state index in [1.807, 2.05) is 0 Å². The van der Waals surface area contributed by atoms with Crippen LogP contribution >= 0.6 is 23.2 Å². The Labute approximate surface area is 144 Å². The fourth-order valence-electron chi connectivity index (χ4n) is 1.81. The van der Waals surface area contributed by atoms with Crippen LogP contribution in [0.2, 0.25) is 10.0 Å². The van der Waals surface area contributed by atoms with Crippen molar-refractivity contribution in [3.8, 4) is 0 Å². The van der Waals surface area contributed by atoms with Crippen molar-refractivity contribution in [2.75, 3.05) is 16.7 Å². The SMILES string of the molecule is CC(=O)N(C)c1ccc(S(=O)(=O)Nc2ccc(Cl)cc2Cl)cc1. The summed E-state index contributed by atoms with van der Waals surface area (Å²) in [7, 11) is -2.18. The van der Waals surface area contributed by atoms with E-state index in [-0.39, 0.29) is 21.5 Å². The van der Waals surface area contributed by atoms with Gasteiger partial charge in [-0.2, -0.15) is 0 Å². The molecule has 0 heterocycles. The lowest BCUT2D eigenvalue weighted by molar-refractivity contribution is -0.116. The average Bonchev–Trinajstić information content (AvgIpc) is 2.49. The van der Waals surface area contributed by atoms with Crippen LogP contribution in [0.5, 0.6) is 0 Å². The molecule has 0 aliphatic carbocycles. The summed E-state index contributed by atoms with van der Waals surface area (Å²) in [5, 5.41) is 0.614. The lowest BCUT2D eigenvalue weighted by Crippen LogP contribution is -2.22. The lowest BCUT2D eigenvalue weighted by atomic mass is 10.3. The molecule has 0 unspecified atom stereocenters. The molecule has 1 amide bonds. The first-order valence-electron chi connectivity index (χ1n) is 6.53. The molecule has 0 aliphatic heterocycles. The van der Waals surface area contributed by atoms with E-state index in [0.717, 1.165) is 0 Å². The Bertz CT molecular complexity index is 836. The Morgan fingerprint density at radius 3 is 2.22 bits per heavy atom. The van der Waals surface area contributed by atoms with E-state index in [0.29, 0.717) is 10.7 Å². The molecule has 23 heavy (non-hydrogen) atoms. The van der Waals surface area contributed by atoms with E-state index in [2.05, 4.69) is 4.72 Å². The number of amides is 1. The summed E-state index contributed by atoms with van der Waals surface area (Å²) >= 11 is 11.8. The van der Waals surface area contributed by atoms with Crippen molar-refractivity contribution < 1.29 is 13.2 Å². The minimum Gasteiger partial charge on any atom is -0.316 e. The highest BCUT2D eigenvalue weighted by molar-refractivity contribution is 7.92. The van der Waals surface area contributed by atoms with Gasteiger partial charge in [-0.25, -0.2) is 8.42 Å². The van der Waals surface area contributed by atoms with Gasteiger partial charge in [0.2, 0.25) is 5.91 Å². The van der Waals surface area contributed by atoms with Crippen LogP contribution in [0.4, 0.5) is 11.4 Å². The second-order valence-electron chi connectivity index (χ2n) is 4.80. The monoisotopic (exact) mass is 372 g/mol. The van der Waals surface area contributed by atoms with Crippen LogP contribution < -0.4 is 9.62 Å². The normalized spacial score (nSPS) is 11.1. The average molecular weight is 373 g/mol. The first-order chi connectivity index (χ1) is 10.7. The highest BCUT2D eigenvalue weighted by atomic mass is 35.5. The topological polar surface area (TPSA) is 66.5 Å². The molecule has 122 valence electrons. The highest BCUT2D eigenvalue weighted by Crippen LogP contribution is 2.28. The molecule has 1 N–H and O–H groups in total. The third-order valence-corrected chi connectivity index (χ3v) is 5.11. The molecule has 0 bridgehead atoms. The minimum atomic E-state index is -3.79. The summed E-state index contributed by atoms with van der Waals surface area (Å²) < 4.78 is 27.1. The Hall–Kier alpha value is -1.76. The molecule has 2 aromatic rings. The van der Waals surface area contributed by atoms with Crippen LogP contribution in [0.15, 0.2) is 47.4 Å². The summed E-state index contributed by atoms with van der Waals surface area (Å²) in [4.78, 5) is 12.8. The standard InChI is InChI=1S/C15H14Cl2N2O3S/c1-10(20)19(2)12-4-6-13(7-5-12)23(21,22)18-15-8-3-11(16)9-14(15)17/h3-9,18H,1-2H3. The van der Waals surface area contributed by atoms with Crippen molar-refractivity contribution >= 4 is 50.5 Å². The van der Waals surface area contributed by atoms with E-state index < -0.39 is 10.0 Å². The van der Waals surface area contributed by atoms with Gasteiger partial charge in [0.05, 0.1) is 15.6 Å². The van der Waals surface area contributed by atoms with Crippen LogP contribution in [-0.4, -0.2) is 21.4 Å². The molecule has 0 aromatic heterocycles. The number of carbonyl (C=O) groups excluding carboxylic acids is 1. The van der Waals surface area contributed by atoms with Crippen LogP contribution in [-0.2, 0) is 14.8 Å². The highest BCUT2D eigenvalue weighted by Gasteiger charge is 2.16. The van der Waals surface area contributed by atoms with Gasteiger partial charge >= 0.3 is 0 Å². The van der Waals surface area contributed by atoms with Gasteiger partial charge in [0.15, 0.2) is 0 Å². The van der Waals surface area contributed by atoms with Crippen molar-refractivity contribution in [2.24, 2.45) is 0 Å². The molecule has 2 aromatic carbocycles. The van der Waals surface area contributed by atoms with Gasteiger partial charge in [0.1, 0.15) is 0 Å². The van der Waals surface area contributed by atoms with Gasteiger partial charge in [-0.05, 0) is 42.5 Å². The van der Waals surface area contributed by atoms with E-state index >= 15 is 0 Å². The Morgan fingerprint density at radius 1 is 1.09 bits per heavy atom. The molecule has 0 spiro atoms. The first kappa shape index (κ1) is 17.6. The predicted molar refractivity (Wildman–Crippen MR) is 92.8 cm³/mol. The number of halogens is 2. The van der Waals surface area contributed by atoms with E-state index in [1.54, 1.807) is 19.2 Å². The van der Waals surface area contributed by atoms with Gasteiger partial charge in [-0.1, -0.05) is 23.2 Å². The van der Waals surface area contributed by atoms with Crippen molar-refractivity contribution in [1.29, 1.82) is 0 Å². The molecule has 0 saturated carbocycles. The number of carbonyl (C=O) groups is 1. The first-order valence-corrected chi connectivity index (χ1v) is 8.77. The smallest absolute Gasteiger partial charge is 0.261 e. The zero-order chi connectivity index (χ0) is 17.2. The van der Waals surface area contributed by atoms with Crippen molar-refractivity contribution in [1.82, 2.24) is 0 Å². The summed E-state index contributed by atoms with van der Waals surface area (Å²) in [6.45, 7) is 1.43. The molecule has 0 fully saturated rings. The lowest BCUT2D eigenvalue weighted by Gasteiger charge is -2.15. The van der Waals surface area contributed by atoms with Crippen molar-refractivity contribution in [2.45, 2.75) is 11.8 Å². The third kappa shape index (κ3) is 4.16. The second kappa shape index (κ2) is 6.78. The molecule has 0 radical (unpaired) electrons. The summed E-state index contributed by atoms with van der Waals surface area (Å²) in [5.74, 6) is -0.147. The number of benzene rings is 2. The van der Waals surface area contributed by atoms with E-state index in [9.17, 15) is 13.2 Å². The molecule has 0 saturated heterocycles. The second-order valence-corrected chi connectivity index (χ2v) is 7.33. The van der Waals surface area contributed by atoms with Crippen LogP contribution in [0, 0.1) is 0 Å². The maximum atomic E-state index is 12.4. The number of rotatable bonds is 4. The summed E-state index contributed by atoms with van der Waals surface area (Å²) in [6.07, 6.45) is 0. The molecule has 8 heteroatoms. The number of anilines is 2. The largest absolute Gasteiger partial charge is 0.316 e. The minimum absolute atomic E-state index is 0.0595. The number of sulfonamides is 1. The molecule has 5 nitrogen and oxygen atoms in total. The molecular weight excluding hydrogens is 359 g/mol. The zero-order valence-electron chi connectivity index (χ0n) is 12.4. The Balaban J connectivity index is 2.27. The molecule has 0 aliphatic rings. The quantitative estimate of drug-likeness (QED) is 0.887. The molecular formula is C15H14Cl2N2O3S. The van der Waals surface area contributed by atoms with Gasteiger partial charge in [0.25, 0.3) is 10.0 Å². The maximum Gasteiger partial charge on any atom is 0.261 e. The van der Waals surface area contributed by atoms with E-state index in [1.165, 1.54) is 42.2 Å². The summed E-state index contributed by atoms with van der Waals surface area (Å²) in [5.41, 5.74) is 0.835. The maximum absolute atomic E-state index is 12.4. The van der Waals surface area contributed by atoms with Crippen molar-refractivity contribution in [3.63, 3.8) is 0 Å². The summed E-state index contributed by atoms with van der Waals surface area (Å²) in [6, 6.07) is 10.4. The zero-order valence-corrected chi connectivity index (χ0v) is 14.7. The van der Waals surface area contributed by atoms with E-state index in [4.69, 9.17) is 23.2 Å². The predicted octanol–water partition coefficient (Wildman–Crippen LogP) is 3.78. The van der Waals surface area contributed by atoms with Gasteiger partial charge < -0.3 is 4.90 Å². The number of nitrogens with zero attached hydrogens (tertiary/aromatic N) is 1. The third-order valence-electron chi connectivity index (χ3n) is 3.18. The van der Waals surface area contributed by atoms with Crippen LogP contribution in [0.25, 0.3) is 0 Å². The number of hydrogen-bond acceptors (Lipinski definition) is 3. The Morgan fingerprint density at radius 2 is 1.70 bits per heavy atom.